The number of carbonyl (C=O) groups is 2. The van der Waals surface area contributed by atoms with Crippen molar-refractivity contribution in [2.24, 2.45) is 5.41 Å². The second-order valence-corrected chi connectivity index (χ2v) is 7.34. The van der Waals surface area contributed by atoms with E-state index in [0.717, 1.165) is 28.8 Å². The predicted octanol–water partition coefficient (Wildman–Crippen LogP) is 3.12. The average Bonchev–Trinajstić information content (AvgIpc) is 2.81. The molecule has 5 heteroatoms. The molecule has 1 aliphatic carbocycles. The number of aromatic nitrogens is 1. The average molecular weight is 326 g/mol. The SMILES string of the molecule is Cc1cn(Cc2ccc(C(=O)NO)cc2)c2c1C(=O)CC(C)(C)C2. The molecule has 24 heavy (non-hydrogen) atoms. The lowest BCUT2D eigenvalue weighted by Crippen LogP contribution is -2.28. The lowest BCUT2D eigenvalue weighted by molar-refractivity contribution is 0.0706. The molecule has 0 unspecified atom stereocenters. The number of Topliss-reactive ketones (excluding diaryl/α,β-unsaturated/α-hetero) is 1. The van der Waals surface area contributed by atoms with Crippen molar-refractivity contribution in [1.82, 2.24) is 10.0 Å². The van der Waals surface area contributed by atoms with Crippen LogP contribution in [-0.2, 0) is 13.0 Å². The molecule has 0 radical (unpaired) electrons. The van der Waals surface area contributed by atoms with Crippen LogP contribution >= 0.6 is 0 Å². The number of hydroxylamine groups is 1. The number of carbonyl (C=O) groups excluding carboxylic acids is 2. The molecule has 5 nitrogen and oxygen atoms in total. The van der Waals surface area contributed by atoms with E-state index in [0.29, 0.717) is 18.5 Å². The number of rotatable bonds is 3. The van der Waals surface area contributed by atoms with Crippen LogP contribution in [0.1, 0.15) is 57.8 Å². The smallest absolute Gasteiger partial charge is 0.274 e. The first kappa shape index (κ1) is 16.5. The monoisotopic (exact) mass is 326 g/mol. The molecule has 1 aromatic heterocycles. The van der Waals surface area contributed by atoms with E-state index >= 15 is 0 Å². The van der Waals surface area contributed by atoms with Gasteiger partial charge in [-0.1, -0.05) is 26.0 Å². The van der Waals surface area contributed by atoms with Gasteiger partial charge in [0.15, 0.2) is 5.78 Å². The minimum Gasteiger partial charge on any atom is -0.346 e. The van der Waals surface area contributed by atoms with Gasteiger partial charge >= 0.3 is 0 Å². The van der Waals surface area contributed by atoms with Crippen LogP contribution in [0, 0.1) is 12.3 Å². The quantitative estimate of drug-likeness (QED) is 0.672. The van der Waals surface area contributed by atoms with Crippen molar-refractivity contribution in [2.75, 3.05) is 0 Å². The van der Waals surface area contributed by atoms with E-state index < -0.39 is 5.91 Å². The number of nitrogens with one attached hydrogen (secondary N) is 1. The highest BCUT2D eigenvalue weighted by Gasteiger charge is 2.34. The Kier molecular flexibility index (Phi) is 4.05. The summed E-state index contributed by atoms with van der Waals surface area (Å²) in [5.41, 5.74) is 6.07. The van der Waals surface area contributed by atoms with E-state index in [4.69, 9.17) is 5.21 Å². The van der Waals surface area contributed by atoms with E-state index in [1.807, 2.05) is 25.3 Å². The topological polar surface area (TPSA) is 71.3 Å². The lowest BCUT2D eigenvalue weighted by Gasteiger charge is -2.30. The predicted molar refractivity (Wildman–Crippen MR) is 90.4 cm³/mol. The largest absolute Gasteiger partial charge is 0.346 e. The van der Waals surface area contributed by atoms with Crippen molar-refractivity contribution in [1.29, 1.82) is 0 Å². The van der Waals surface area contributed by atoms with E-state index in [-0.39, 0.29) is 11.2 Å². The van der Waals surface area contributed by atoms with Gasteiger partial charge in [0.1, 0.15) is 0 Å². The maximum atomic E-state index is 12.5. The van der Waals surface area contributed by atoms with Crippen molar-refractivity contribution in [3.05, 3.63) is 58.4 Å². The minimum atomic E-state index is -0.525. The zero-order valence-electron chi connectivity index (χ0n) is 14.2. The molecule has 0 saturated heterocycles. The Morgan fingerprint density at radius 3 is 2.54 bits per heavy atom. The van der Waals surface area contributed by atoms with Gasteiger partial charge in [0.05, 0.1) is 0 Å². The maximum absolute atomic E-state index is 12.5. The number of hydrogen-bond acceptors (Lipinski definition) is 3. The first-order valence-corrected chi connectivity index (χ1v) is 8.06. The summed E-state index contributed by atoms with van der Waals surface area (Å²) in [7, 11) is 0. The highest BCUT2D eigenvalue weighted by molar-refractivity contribution is 6.00. The van der Waals surface area contributed by atoms with Crippen molar-refractivity contribution in [3.8, 4) is 0 Å². The summed E-state index contributed by atoms with van der Waals surface area (Å²) in [4.78, 5) is 23.8. The molecule has 1 amide bonds. The molecule has 0 fully saturated rings. The molecule has 0 bridgehead atoms. The summed E-state index contributed by atoms with van der Waals surface area (Å²) in [5.74, 6) is -0.296. The van der Waals surface area contributed by atoms with Gasteiger partial charge in [-0.2, -0.15) is 0 Å². The van der Waals surface area contributed by atoms with Crippen LogP contribution < -0.4 is 5.48 Å². The highest BCUT2D eigenvalue weighted by Crippen LogP contribution is 2.37. The summed E-state index contributed by atoms with van der Waals surface area (Å²) in [5, 5.41) is 8.67. The van der Waals surface area contributed by atoms with Crippen LogP contribution in [0.4, 0.5) is 0 Å². The van der Waals surface area contributed by atoms with Crippen molar-refractivity contribution < 1.29 is 14.8 Å². The summed E-state index contributed by atoms with van der Waals surface area (Å²) >= 11 is 0. The molecule has 1 aliphatic rings. The van der Waals surface area contributed by atoms with Crippen molar-refractivity contribution in [3.63, 3.8) is 0 Å². The van der Waals surface area contributed by atoms with Crippen molar-refractivity contribution >= 4 is 11.7 Å². The van der Waals surface area contributed by atoms with E-state index in [1.165, 1.54) is 0 Å². The normalized spacial score (nSPS) is 15.9. The number of nitrogens with zero attached hydrogens (tertiary/aromatic N) is 1. The maximum Gasteiger partial charge on any atom is 0.274 e. The van der Waals surface area contributed by atoms with Gasteiger partial charge in [-0.15, -0.1) is 0 Å². The van der Waals surface area contributed by atoms with Crippen LogP contribution in [0.3, 0.4) is 0 Å². The summed E-state index contributed by atoms with van der Waals surface area (Å²) < 4.78 is 2.14. The standard InChI is InChI=1S/C19H22N2O3/c1-12-10-21(15-8-19(2,3)9-16(22)17(12)15)11-13-4-6-14(7-5-13)18(23)20-24/h4-7,10,24H,8-9,11H2,1-3H3,(H,20,23). The fourth-order valence-electron chi connectivity index (χ4n) is 3.52. The van der Waals surface area contributed by atoms with Gasteiger partial charge in [0, 0.05) is 36.0 Å². The van der Waals surface area contributed by atoms with Crippen molar-refractivity contribution in [2.45, 2.75) is 40.2 Å². The van der Waals surface area contributed by atoms with E-state index in [1.54, 1.807) is 17.6 Å². The number of amides is 1. The van der Waals surface area contributed by atoms with E-state index in [2.05, 4.69) is 18.4 Å². The van der Waals surface area contributed by atoms with Gasteiger partial charge < -0.3 is 4.57 Å². The Morgan fingerprint density at radius 1 is 1.25 bits per heavy atom. The molecular formula is C19H22N2O3. The summed E-state index contributed by atoms with van der Waals surface area (Å²) in [6, 6.07) is 7.09. The molecule has 2 N–H and O–H groups in total. The third-order valence-corrected chi connectivity index (χ3v) is 4.61. The molecule has 1 aromatic carbocycles. The first-order valence-electron chi connectivity index (χ1n) is 8.06. The van der Waals surface area contributed by atoms with Crippen LogP contribution in [0.2, 0.25) is 0 Å². The van der Waals surface area contributed by atoms with Gasteiger partial charge in [0.2, 0.25) is 0 Å². The fraction of sp³-hybridized carbons (Fsp3) is 0.368. The Morgan fingerprint density at radius 2 is 1.92 bits per heavy atom. The summed E-state index contributed by atoms with van der Waals surface area (Å²) in [6.07, 6.45) is 3.51. The Labute approximate surface area is 141 Å². The zero-order chi connectivity index (χ0) is 17.5. The third-order valence-electron chi connectivity index (χ3n) is 4.61. The van der Waals surface area contributed by atoms with Gasteiger partial charge in [0.25, 0.3) is 5.91 Å². The van der Waals surface area contributed by atoms with Gasteiger partial charge in [-0.05, 0) is 42.0 Å². The molecule has 3 rings (SSSR count). The second kappa shape index (κ2) is 5.91. The Balaban J connectivity index is 1.90. The number of aryl methyl sites for hydroxylation is 1. The number of fused-ring (bicyclic) bond motifs is 1. The number of benzene rings is 1. The molecule has 0 aliphatic heterocycles. The molecule has 0 spiro atoms. The van der Waals surface area contributed by atoms with E-state index in [9.17, 15) is 9.59 Å². The lowest BCUT2D eigenvalue weighted by atomic mass is 9.75. The highest BCUT2D eigenvalue weighted by atomic mass is 16.5. The number of hydrogen-bond donors (Lipinski definition) is 2. The van der Waals surface area contributed by atoms with Crippen LogP contribution in [0.5, 0.6) is 0 Å². The van der Waals surface area contributed by atoms with Crippen LogP contribution in [-0.4, -0.2) is 21.5 Å². The number of ketones is 1. The summed E-state index contributed by atoms with van der Waals surface area (Å²) in [6.45, 7) is 6.90. The first-order chi connectivity index (χ1) is 11.3. The second-order valence-electron chi connectivity index (χ2n) is 7.34. The molecule has 0 saturated carbocycles. The molecule has 2 aromatic rings. The third kappa shape index (κ3) is 2.99. The van der Waals surface area contributed by atoms with Crippen LogP contribution in [0.25, 0.3) is 0 Å². The van der Waals surface area contributed by atoms with Crippen LogP contribution in [0.15, 0.2) is 30.5 Å². The molecule has 126 valence electrons. The molecular weight excluding hydrogens is 304 g/mol. The fourth-order valence-corrected chi connectivity index (χ4v) is 3.52. The zero-order valence-corrected chi connectivity index (χ0v) is 14.2. The minimum absolute atomic E-state index is 0.0182. The van der Waals surface area contributed by atoms with Gasteiger partial charge in [-0.3, -0.25) is 14.8 Å². The Hall–Kier alpha value is -2.40. The molecule has 0 atom stereocenters. The Bertz CT molecular complexity index is 801. The van der Waals surface area contributed by atoms with Gasteiger partial charge in [-0.25, -0.2) is 5.48 Å². The molecule has 1 heterocycles.